The van der Waals surface area contributed by atoms with Gasteiger partial charge < -0.3 is 0 Å². The van der Waals surface area contributed by atoms with Crippen molar-refractivity contribution in [1.29, 1.82) is 0 Å². The lowest BCUT2D eigenvalue weighted by molar-refractivity contribution is 1.16. The highest BCUT2D eigenvalue weighted by atomic mass is 32.1. The molecule has 0 fully saturated rings. The zero-order chi connectivity index (χ0) is 9.42. The molecule has 0 radical (unpaired) electrons. The summed E-state index contributed by atoms with van der Waals surface area (Å²) >= 11 is 1.94. The van der Waals surface area contributed by atoms with E-state index in [9.17, 15) is 0 Å². The Morgan fingerprint density at radius 1 is 1.23 bits per heavy atom. The molecule has 2 rings (SSSR count). The van der Waals surface area contributed by atoms with E-state index in [0.29, 0.717) is 0 Å². The number of rotatable bonds is 1. The zero-order valence-corrected chi connectivity index (χ0v) is 9.16. The highest BCUT2D eigenvalue weighted by Gasteiger charge is 2.07. The SMILES string of the molecule is CCc1sc2cccc(C)c2c1C. The fourth-order valence-corrected chi connectivity index (χ4v) is 3.12. The van der Waals surface area contributed by atoms with Crippen LogP contribution in [0.5, 0.6) is 0 Å². The Balaban J connectivity index is 2.85. The molecule has 0 amide bonds. The Kier molecular flexibility index (Phi) is 2.12. The van der Waals surface area contributed by atoms with Crippen molar-refractivity contribution in [2.24, 2.45) is 0 Å². The summed E-state index contributed by atoms with van der Waals surface area (Å²) in [4.78, 5) is 1.53. The van der Waals surface area contributed by atoms with Crippen molar-refractivity contribution >= 4 is 21.4 Å². The van der Waals surface area contributed by atoms with Gasteiger partial charge in [-0.05, 0) is 42.8 Å². The van der Waals surface area contributed by atoms with Gasteiger partial charge in [0.2, 0.25) is 0 Å². The van der Waals surface area contributed by atoms with Gasteiger partial charge in [-0.25, -0.2) is 0 Å². The van der Waals surface area contributed by atoms with Crippen molar-refractivity contribution < 1.29 is 0 Å². The summed E-state index contributed by atoms with van der Waals surface area (Å²) in [7, 11) is 0. The molecule has 0 aliphatic carbocycles. The molecule has 0 unspecified atom stereocenters. The molecule has 0 aliphatic rings. The maximum atomic E-state index is 2.24. The van der Waals surface area contributed by atoms with E-state index in [4.69, 9.17) is 0 Å². The van der Waals surface area contributed by atoms with Crippen LogP contribution in [0.3, 0.4) is 0 Å². The highest BCUT2D eigenvalue weighted by Crippen LogP contribution is 2.32. The first-order valence-electron chi connectivity index (χ1n) is 4.71. The molecule has 0 aliphatic heterocycles. The van der Waals surface area contributed by atoms with E-state index < -0.39 is 0 Å². The van der Waals surface area contributed by atoms with Crippen LogP contribution in [-0.2, 0) is 6.42 Å². The summed E-state index contributed by atoms with van der Waals surface area (Å²) in [6.07, 6.45) is 1.16. The quantitative estimate of drug-likeness (QED) is 0.635. The Morgan fingerprint density at radius 3 is 2.62 bits per heavy atom. The number of hydrogen-bond acceptors (Lipinski definition) is 1. The molecule has 68 valence electrons. The van der Waals surface area contributed by atoms with Gasteiger partial charge in [0.1, 0.15) is 0 Å². The fraction of sp³-hybridized carbons (Fsp3) is 0.333. The molecule has 0 atom stereocenters. The van der Waals surface area contributed by atoms with Crippen LogP contribution >= 0.6 is 11.3 Å². The van der Waals surface area contributed by atoms with Crippen LogP contribution in [0.1, 0.15) is 22.9 Å². The summed E-state index contributed by atoms with van der Waals surface area (Å²) < 4.78 is 1.44. The average Bonchev–Trinajstić information content (AvgIpc) is 2.44. The van der Waals surface area contributed by atoms with Crippen molar-refractivity contribution in [3.05, 3.63) is 34.2 Å². The molecule has 1 heteroatoms. The Bertz CT molecular complexity index is 438. The number of aryl methyl sites for hydroxylation is 3. The predicted molar refractivity (Wildman–Crippen MR) is 60.7 cm³/mol. The van der Waals surface area contributed by atoms with Gasteiger partial charge >= 0.3 is 0 Å². The van der Waals surface area contributed by atoms with Crippen molar-refractivity contribution in [1.82, 2.24) is 0 Å². The van der Waals surface area contributed by atoms with E-state index in [-0.39, 0.29) is 0 Å². The maximum Gasteiger partial charge on any atom is 0.0351 e. The van der Waals surface area contributed by atoms with Crippen molar-refractivity contribution in [3.63, 3.8) is 0 Å². The summed E-state index contributed by atoms with van der Waals surface area (Å²) in [6, 6.07) is 6.56. The predicted octanol–water partition coefficient (Wildman–Crippen LogP) is 4.08. The first-order valence-corrected chi connectivity index (χ1v) is 5.53. The van der Waals surface area contributed by atoms with Gasteiger partial charge in [-0.2, -0.15) is 0 Å². The van der Waals surface area contributed by atoms with Crippen molar-refractivity contribution in [2.75, 3.05) is 0 Å². The third kappa shape index (κ3) is 1.28. The molecular formula is C12H14S. The lowest BCUT2D eigenvalue weighted by atomic mass is 10.1. The van der Waals surface area contributed by atoms with E-state index in [2.05, 4.69) is 39.0 Å². The van der Waals surface area contributed by atoms with Gasteiger partial charge in [0.25, 0.3) is 0 Å². The van der Waals surface area contributed by atoms with Gasteiger partial charge in [-0.1, -0.05) is 19.1 Å². The molecule has 0 nitrogen and oxygen atoms in total. The van der Waals surface area contributed by atoms with E-state index in [1.165, 1.54) is 26.1 Å². The number of hydrogen-bond donors (Lipinski definition) is 0. The Morgan fingerprint density at radius 2 is 2.00 bits per heavy atom. The van der Waals surface area contributed by atoms with Crippen LogP contribution in [-0.4, -0.2) is 0 Å². The lowest BCUT2D eigenvalue weighted by Crippen LogP contribution is -1.79. The standard InChI is InChI=1S/C12H14S/c1-4-10-9(3)12-8(2)6-5-7-11(12)13-10/h5-7H,4H2,1-3H3. The van der Waals surface area contributed by atoms with Crippen LogP contribution < -0.4 is 0 Å². The summed E-state index contributed by atoms with van der Waals surface area (Å²) in [5.74, 6) is 0. The third-order valence-corrected chi connectivity index (χ3v) is 3.98. The second-order valence-electron chi connectivity index (χ2n) is 3.45. The van der Waals surface area contributed by atoms with E-state index in [1.807, 2.05) is 11.3 Å². The lowest BCUT2D eigenvalue weighted by Gasteiger charge is -1.97. The second kappa shape index (κ2) is 3.15. The van der Waals surface area contributed by atoms with Crippen molar-refractivity contribution in [3.8, 4) is 0 Å². The molecule has 0 spiro atoms. The van der Waals surface area contributed by atoms with Gasteiger partial charge in [0.05, 0.1) is 0 Å². The number of thiophene rings is 1. The third-order valence-electron chi connectivity index (χ3n) is 2.58. The van der Waals surface area contributed by atoms with E-state index in [0.717, 1.165) is 6.42 Å². The Labute approximate surface area is 83.2 Å². The first kappa shape index (κ1) is 8.76. The van der Waals surface area contributed by atoms with E-state index in [1.54, 1.807) is 0 Å². The maximum absolute atomic E-state index is 2.24. The highest BCUT2D eigenvalue weighted by molar-refractivity contribution is 7.19. The largest absolute Gasteiger partial charge is 0.140 e. The molecule has 1 aromatic carbocycles. The molecule has 1 aromatic heterocycles. The van der Waals surface area contributed by atoms with Gasteiger partial charge in [0.15, 0.2) is 0 Å². The van der Waals surface area contributed by atoms with Crippen LogP contribution in [0.4, 0.5) is 0 Å². The average molecular weight is 190 g/mol. The van der Waals surface area contributed by atoms with Crippen LogP contribution in [0.15, 0.2) is 18.2 Å². The Hall–Kier alpha value is -0.820. The van der Waals surface area contributed by atoms with Crippen molar-refractivity contribution in [2.45, 2.75) is 27.2 Å². The summed E-state index contributed by atoms with van der Waals surface area (Å²) in [5, 5.41) is 1.48. The van der Waals surface area contributed by atoms with Crippen LogP contribution in [0.25, 0.3) is 10.1 Å². The molecule has 2 aromatic rings. The molecule has 0 bridgehead atoms. The van der Waals surface area contributed by atoms with Gasteiger partial charge in [0, 0.05) is 9.58 Å². The fourth-order valence-electron chi connectivity index (χ4n) is 1.89. The molecule has 0 saturated carbocycles. The molecule has 0 N–H and O–H groups in total. The number of fused-ring (bicyclic) bond motifs is 1. The summed E-state index contributed by atoms with van der Waals surface area (Å²) in [5.41, 5.74) is 2.89. The topological polar surface area (TPSA) is 0 Å². The first-order chi connectivity index (χ1) is 6.24. The molecule has 1 heterocycles. The normalized spacial score (nSPS) is 11.0. The molecule has 0 saturated heterocycles. The zero-order valence-electron chi connectivity index (χ0n) is 8.35. The monoisotopic (exact) mass is 190 g/mol. The van der Waals surface area contributed by atoms with E-state index >= 15 is 0 Å². The minimum absolute atomic E-state index is 1.16. The van der Waals surface area contributed by atoms with Gasteiger partial charge in [-0.15, -0.1) is 11.3 Å². The number of benzene rings is 1. The van der Waals surface area contributed by atoms with Crippen LogP contribution in [0, 0.1) is 13.8 Å². The smallest absolute Gasteiger partial charge is 0.0351 e. The minimum atomic E-state index is 1.16. The molecule has 13 heavy (non-hydrogen) atoms. The minimum Gasteiger partial charge on any atom is -0.140 e. The van der Waals surface area contributed by atoms with Crippen LogP contribution in [0.2, 0.25) is 0 Å². The summed E-state index contributed by atoms with van der Waals surface area (Å²) in [6.45, 7) is 6.67. The second-order valence-corrected chi connectivity index (χ2v) is 4.59. The molecular weight excluding hydrogens is 176 g/mol. The van der Waals surface area contributed by atoms with Gasteiger partial charge in [-0.3, -0.25) is 0 Å².